The van der Waals surface area contributed by atoms with Crippen molar-refractivity contribution in [2.24, 2.45) is 0 Å². The normalized spacial score (nSPS) is 12.9. The summed E-state index contributed by atoms with van der Waals surface area (Å²) >= 11 is 14.9. The second-order valence-electron chi connectivity index (χ2n) is 8.54. The van der Waals surface area contributed by atoms with Crippen molar-refractivity contribution in [1.29, 1.82) is 5.26 Å². The van der Waals surface area contributed by atoms with Crippen LogP contribution in [0.4, 0.5) is 5.00 Å². The van der Waals surface area contributed by atoms with E-state index in [-0.39, 0.29) is 11.7 Å². The Hall–Kier alpha value is -2.51. The van der Waals surface area contributed by atoms with Gasteiger partial charge in [0.15, 0.2) is 5.16 Å². The predicted molar refractivity (Wildman–Crippen MR) is 150 cm³/mol. The van der Waals surface area contributed by atoms with Gasteiger partial charge in [-0.3, -0.25) is 4.79 Å². The standard InChI is InChI=1S/C26H27Cl2N5O2S2/c1-2-12-33-23(9-6-13-35-21-11-10-17(27)14-20(21)28)31-32-26(33)36-16-24(34)30-25-19(15-29)18-7-4-3-5-8-22(18)37-25/h2,10-11,14H,1,3-9,12-13,16H2,(H,30,34). The Labute approximate surface area is 234 Å². The highest BCUT2D eigenvalue weighted by Gasteiger charge is 2.21. The maximum Gasteiger partial charge on any atom is 0.235 e. The summed E-state index contributed by atoms with van der Waals surface area (Å²) in [6.45, 7) is 4.83. The minimum Gasteiger partial charge on any atom is -0.492 e. The summed E-state index contributed by atoms with van der Waals surface area (Å²) in [5.74, 6) is 1.38. The Kier molecular flexibility index (Phi) is 9.92. The number of aryl methyl sites for hydroxylation is 2. The third-order valence-electron chi connectivity index (χ3n) is 5.92. The molecule has 1 aromatic carbocycles. The van der Waals surface area contributed by atoms with Crippen molar-refractivity contribution in [3.05, 3.63) is 62.7 Å². The first-order valence-corrected chi connectivity index (χ1v) is 14.6. The zero-order chi connectivity index (χ0) is 26.2. The van der Waals surface area contributed by atoms with Crippen LogP contribution in [0, 0.1) is 11.3 Å². The van der Waals surface area contributed by atoms with E-state index >= 15 is 0 Å². The molecule has 0 atom stereocenters. The van der Waals surface area contributed by atoms with Gasteiger partial charge in [0, 0.05) is 22.9 Å². The van der Waals surface area contributed by atoms with E-state index in [9.17, 15) is 10.1 Å². The van der Waals surface area contributed by atoms with E-state index in [2.05, 4.69) is 28.2 Å². The Balaban J connectivity index is 1.32. The number of carbonyl (C=O) groups is 1. The smallest absolute Gasteiger partial charge is 0.235 e. The molecular weight excluding hydrogens is 549 g/mol. The van der Waals surface area contributed by atoms with E-state index in [1.165, 1.54) is 34.4 Å². The van der Waals surface area contributed by atoms with E-state index in [0.29, 0.717) is 57.5 Å². The monoisotopic (exact) mass is 575 g/mol. The van der Waals surface area contributed by atoms with E-state index in [0.717, 1.165) is 37.1 Å². The second kappa shape index (κ2) is 13.3. The molecule has 0 aliphatic heterocycles. The summed E-state index contributed by atoms with van der Waals surface area (Å²) in [4.78, 5) is 14.0. The topological polar surface area (TPSA) is 92.8 Å². The summed E-state index contributed by atoms with van der Waals surface area (Å²) in [7, 11) is 0. The molecule has 1 aliphatic rings. The molecular formula is C26H27Cl2N5O2S2. The molecule has 0 saturated heterocycles. The number of benzene rings is 1. The molecule has 0 bridgehead atoms. The summed E-state index contributed by atoms with van der Waals surface area (Å²) < 4.78 is 7.72. The molecule has 7 nitrogen and oxygen atoms in total. The maximum absolute atomic E-state index is 12.8. The van der Waals surface area contributed by atoms with Crippen molar-refractivity contribution in [3.8, 4) is 11.8 Å². The molecule has 0 fully saturated rings. The molecule has 0 radical (unpaired) electrons. The van der Waals surface area contributed by atoms with Gasteiger partial charge in [-0.05, 0) is 55.9 Å². The molecule has 4 rings (SSSR count). The Bertz CT molecular complexity index is 1320. The van der Waals surface area contributed by atoms with Crippen LogP contribution in [0.2, 0.25) is 10.0 Å². The fourth-order valence-electron chi connectivity index (χ4n) is 4.17. The molecule has 37 heavy (non-hydrogen) atoms. The first-order valence-electron chi connectivity index (χ1n) is 12.1. The highest BCUT2D eigenvalue weighted by molar-refractivity contribution is 7.99. The Morgan fingerprint density at radius 2 is 2.14 bits per heavy atom. The third-order valence-corrected chi connectivity index (χ3v) is 8.62. The van der Waals surface area contributed by atoms with Crippen LogP contribution in [0.15, 0.2) is 36.0 Å². The molecule has 1 aliphatic carbocycles. The number of amides is 1. The molecule has 194 valence electrons. The lowest BCUT2D eigenvalue weighted by Crippen LogP contribution is -2.15. The number of anilines is 1. The van der Waals surface area contributed by atoms with Gasteiger partial charge in [0.2, 0.25) is 5.91 Å². The molecule has 1 N–H and O–H groups in total. The largest absolute Gasteiger partial charge is 0.492 e. The average molecular weight is 577 g/mol. The number of nitriles is 1. The highest BCUT2D eigenvalue weighted by Crippen LogP contribution is 2.37. The summed E-state index contributed by atoms with van der Waals surface area (Å²) in [6, 6.07) is 7.44. The van der Waals surface area contributed by atoms with Crippen molar-refractivity contribution in [2.45, 2.75) is 56.6 Å². The van der Waals surface area contributed by atoms with Crippen molar-refractivity contribution in [1.82, 2.24) is 14.8 Å². The SMILES string of the molecule is C=CCn1c(CCCOc2ccc(Cl)cc2Cl)nnc1SCC(=O)Nc1sc2c(c1C#N)CCCCC2. The van der Waals surface area contributed by atoms with Gasteiger partial charge in [-0.15, -0.1) is 28.1 Å². The predicted octanol–water partition coefficient (Wildman–Crippen LogP) is 6.72. The van der Waals surface area contributed by atoms with E-state index in [4.69, 9.17) is 27.9 Å². The van der Waals surface area contributed by atoms with Gasteiger partial charge in [-0.25, -0.2) is 0 Å². The van der Waals surface area contributed by atoms with Crippen LogP contribution in [0.3, 0.4) is 0 Å². The average Bonchev–Trinajstić information content (AvgIpc) is 3.32. The number of nitrogens with zero attached hydrogens (tertiary/aromatic N) is 4. The first-order chi connectivity index (χ1) is 18.0. The van der Waals surface area contributed by atoms with Crippen molar-refractivity contribution < 1.29 is 9.53 Å². The number of thioether (sulfide) groups is 1. The zero-order valence-corrected chi connectivity index (χ0v) is 23.4. The van der Waals surface area contributed by atoms with Gasteiger partial charge in [-0.2, -0.15) is 5.26 Å². The Morgan fingerprint density at radius 3 is 2.92 bits per heavy atom. The number of carbonyl (C=O) groups excluding carboxylic acids is 1. The molecule has 1 amide bonds. The molecule has 2 aromatic heterocycles. The van der Waals surface area contributed by atoms with Gasteiger partial charge in [0.05, 0.1) is 22.9 Å². The number of ether oxygens (including phenoxy) is 1. The van der Waals surface area contributed by atoms with E-state index < -0.39 is 0 Å². The van der Waals surface area contributed by atoms with Crippen molar-refractivity contribution >= 4 is 57.2 Å². The second-order valence-corrected chi connectivity index (χ2v) is 11.4. The lowest BCUT2D eigenvalue weighted by Gasteiger charge is -2.10. The molecule has 0 spiro atoms. The molecule has 2 heterocycles. The van der Waals surface area contributed by atoms with Crippen molar-refractivity contribution in [3.63, 3.8) is 0 Å². The number of nitrogens with one attached hydrogen (secondary N) is 1. The molecule has 0 saturated carbocycles. The van der Waals surface area contributed by atoms with Crippen LogP contribution in [0.25, 0.3) is 0 Å². The summed E-state index contributed by atoms with van der Waals surface area (Å²) in [5, 5.41) is 23.6. The fourth-order valence-corrected chi connectivity index (χ4v) is 6.66. The third kappa shape index (κ3) is 7.08. The Morgan fingerprint density at radius 1 is 1.30 bits per heavy atom. The molecule has 11 heteroatoms. The summed E-state index contributed by atoms with van der Waals surface area (Å²) in [5.41, 5.74) is 1.74. The maximum atomic E-state index is 12.8. The number of rotatable bonds is 11. The van der Waals surface area contributed by atoms with Crippen LogP contribution >= 0.6 is 46.3 Å². The van der Waals surface area contributed by atoms with Gasteiger partial charge in [0.1, 0.15) is 22.6 Å². The van der Waals surface area contributed by atoms with E-state index in [1.54, 1.807) is 24.3 Å². The van der Waals surface area contributed by atoms with Crippen LogP contribution < -0.4 is 10.1 Å². The number of fused-ring (bicyclic) bond motifs is 1. The quantitative estimate of drug-likeness (QED) is 0.118. The number of thiophene rings is 1. The van der Waals surface area contributed by atoms with Gasteiger partial charge in [0.25, 0.3) is 0 Å². The molecule has 3 aromatic rings. The van der Waals surface area contributed by atoms with Crippen LogP contribution in [-0.4, -0.2) is 33.0 Å². The zero-order valence-electron chi connectivity index (χ0n) is 20.3. The van der Waals surface area contributed by atoms with Crippen LogP contribution in [-0.2, 0) is 30.6 Å². The van der Waals surface area contributed by atoms with E-state index in [1.807, 2.05) is 4.57 Å². The van der Waals surface area contributed by atoms with Gasteiger partial charge >= 0.3 is 0 Å². The highest BCUT2D eigenvalue weighted by atomic mass is 35.5. The fraction of sp³-hybridized carbons (Fsp3) is 0.385. The van der Waals surface area contributed by atoms with Crippen LogP contribution in [0.1, 0.15) is 47.5 Å². The van der Waals surface area contributed by atoms with Crippen LogP contribution in [0.5, 0.6) is 5.75 Å². The van der Waals surface area contributed by atoms with Gasteiger partial charge < -0.3 is 14.6 Å². The molecule has 0 unspecified atom stereocenters. The number of hydrogen-bond donors (Lipinski definition) is 1. The lowest BCUT2D eigenvalue weighted by atomic mass is 10.1. The minimum absolute atomic E-state index is 0.166. The first kappa shape index (κ1) is 27.5. The minimum atomic E-state index is -0.166. The number of hydrogen-bond acceptors (Lipinski definition) is 7. The van der Waals surface area contributed by atoms with Gasteiger partial charge in [-0.1, -0.05) is 47.5 Å². The number of aromatic nitrogens is 3. The number of halogens is 2. The number of allylic oxidation sites excluding steroid dienone is 1. The summed E-state index contributed by atoms with van der Waals surface area (Å²) in [6.07, 6.45) is 8.41. The van der Waals surface area contributed by atoms with Crippen molar-refractivity contribution in [2.75, 3.05) is 17.7 Å². The lowest BCUT2D eigenvalue weighted by molar-refractivity contribution is -0.113.